The van der Waals surface area contributed by atoms with Crippen LogP contribution in [0.1, 0.15) is 55.8 Å². The highest BCUT2D eigenvalue weighted by molar-refractivity contribution is 7.89. The van der Waals surface area contributed by atoms with Crippen LogP contribution in [0, 0.1) is 0 Å². The van der Waals surface area contributed by atoms with Crippen molar-refractivity contribution < 1.29 is 17.6 Å². The largest absolute Gasteiger partial charge is 0.408 e. The second-order valence-corrected chi connectivity index (χ2v) is 8.40. The van der Waals surface area contributed by atoms with Crippen molar-refractivity contribution in [2.24, 2.45) is 0 Å². The SMILES string of the molecule is CCc1nnc(NC(=O)c2ccc(S(=O)(=O)N3CCCC[C@@H]3CC)cc2)o1. The first kappa shape index (κ1) is 19.5. The quantitative estimate of drug-likeness (QED) is 0.810. The first-order chi connectivity index (χ1) is 13.0. The smallest absolute Gasteiger partial charge is 0.322 e. The van der Waals surface area contributed by atoms with Crippen molar-refractivity contribution in [3.8, 4) is 0 Å². The van der Waals surface area contributed by atoms with Crippen LogP contribution in [0.15, 0.2) is 33.6 Å². The molecule has 1 aliphatic heterocycles. The molecule has 1 atom stereocenters. The van der Waals surface area contributed by atoms with E-state index >= 15 is 0 Å². The average Bonchev–Trinajstić information content (AvgIpc) is 3.15. The summed E-state index contributed by atoms with van der Waals surface area (Å²) in [4.78, 5) is 12.5. The van der Waals surface area contributed by atoms with Gasteiger partial charge in [0, 0.05) is 24.6 Å². The Morgan fingerprint density at radius 1 is 1.22 bits per heavy atom. The predicted octanol–water partition coefficient (Wildman–Crippen LogP) is 2.84. The molecule has 27 heavy (non-hydrogen) atoms. The molecule has 1 aliphatic rings. The average molecular weight is 392 g/mol. The molecule has 0 unspecified atom stereocenters. The number of carbonyl (C=O) groups is 1. The van der Waals surface area contributed by atoms with E-state index < -0.39 is 15.9 Å². The zero-order chi connectivity index (χ0) is 19.4. The number of hydrogen-bond acceptors (Lipinski definition) is 6. The second kappa shape index (κ2) is 8.18. The third-order valence-corrected chi connectivity index (χ3v) is 6.72. The lowest BCUT2D eigenvalue weighted by molar-refractivity contribution is 0.102. The summed E-state index contributed by atoms with van der Waals surface area (Å²) < 4.78 is 32.8. The highest BCUT2D eigenvalue weighted by Gasteiger charge is 2.32. The van der Waals surface area contributed by atoms with Crippen LogP contribution in [0.25, 0.3) is 0 Å². The van der Waals surface area contributed by atoms with E-state index in [4.69, 9.17) is 4.42 Å². The number of aryl methyl sites for hydroxylation is 1. The van der Waals surface area contributed by atoms with Crippen LogP contribution in [0.3, 0.4) is 0 Å². The minimum absolute atomic E-state index is 0.0210. The van der Waals surface area contributed by atoms with E-state index in [-0.39, 0.29) is 17.0 Å². The molecule has 1 aromatic heterocycles. The monoisotopic (exact) mass is 392 g/mol. The molecule has 2 heterocycles. The van der Waals surface area contributed by atoms with Gasteiger partial charge in [-0.3, -0.25) is 10.1 Å². The van der Waals surface area contributed by atoms with E-state index in [2.05, 4.69) is 15.5 Å². The minimum atomic E-state index is -3.56. The Kier molecular flexibility index (Phi) is 5.91. The third-order valence-electron chi connectivity index (χ3n) is 4.76. The molecule has 0 radical (unpaired) electrons. The number of nitrogens with one attached hydrogen (secondary N) is 1. The van der Waals surface area contributed by atoms with Crippen LogP contribution in [0.5, 0.6) is 0 Å². The Hall–Kier alpha value is -2.26. The normalized spacial score (nSPS) is 18.4. The van der Waals surface area contributed by atoms with Gasteiger partial charge in [-0.15, -0.1) is 5.10 Å². The standard InChI is InChI=1S/C18H24N4O4S/c1-3-14-7-5-6-12-22(14)27(24,25)15-10-8-13(9-11-15)17(23)19-18-21-20-16(4-2)26-18/h8-11,14H,3-7,12H2,1-2H3,(H,19,21,23)/t14-/m0/s1. The molecule has 0 spiro atoms. The summed E-state index contributed by atoms with van der Waals surface area (Å²) in [6.07, 6.45) is 4.19. The predicted molar refractivity (Wildman–Crippen MR) is 99.9 cm³/mol. The van der Waals surface area contributed by atoms with Crippen molar-refractivity contribution in [2.75, 3.05) is 11.9 Å². The van der Waals surface area contributed by atoms with Crippen LogP contribution >= 0.6 is 0 Å². The summed E-state index contributed by atoms with van der Waals surface area (Å²) in [7, 11) is -3.56. The Morgan fingerprint density at radius 2 is 1.96 bits per heavy atom. The lowest BCUT2D eigenvalue weighted by Crippen LogP contribution is -2.43. The first-order valence-corrected chi connectivity index (χ1v) is 10.6. The van der Waals surface area contributed by atoms with Gasteiger partial charge >= 0.3 is 6.01 Å². The molecule has 0 aliphatic carbocycles. The first-order valence-electron chi connectivity index (χ1n) is 9.21. The Balaban J connectivity index is 1.74. The topological polar surface area (TPSA) is 105 Å². The van der Waals surface area contributed by atoms with Crippen molar-refractivity contribution in [3.63, 3.8) is 0 Å². The number of hydrogen-bond donors (Lipinski definition) is 1. The fourth-order valence-corrected chi connectivity index (χ4v) is 5.00. The van der Waals surface area contributed by atoms with Gasteiger partial charge in [-0.1, -0.05) is 25.4 Å². The number of benzene rings is 1. The number of nitrogens with zero attached hydrogens (tertiary/aromatic N) is 3. The fourth-order valence-electron chi connectivity index (χ4n) is 3.23. The molecule has 1 amide bonds. The van der Waals surface area contributed by atoms with Crippen LogP contribution in [-0.2, 0) is 16.4 Å². The van der Waals surface area contributed by atoms with E-state index in [0.717, 1.165) is 25.7 Å². The highest BCUT2D eigenvalue weighted by Crippen LogP contribution is 2.27. The van der Waals surface area contributed by atoms with Gasteiger partial charge in [-0.2, -0.15) is 4.31 Å². The van der Waals surface area contributed by atoms with E-state index in [1.807, 2.05) is 13.8 Å². The second-order valence-electron chi connectivity index (χ2n) is 6.51. The van der Waals surface area contributed by atoms with Gasteiger partial charge in [0.15, 0.2) is 0 Å². The molecule has 146 valence electrons. The van der Waals surface area contributed by atoms with E-state index in [9.17, 15) is 13.2 Å². The van der Waals surface area contributed by atoms with Crippen molar-refractivity contribution in [1.29, 1.82) is 0 Å². The maximum absolute atomic E-state index is 13.0. The summed E-state index contributed by atoms with van der Waals surface area (Å²) >= 11 is 0. The van der Waals surface area contributed by atoms with Gasteiger partial charge in [0.1, 0.15) is 0 Å². The summed E-state index contributed by atoms with van der Waals surface area (Å²) in [6, 6.07) is 5.98. The summed E-state index contributed by atoms with van der Waals surface area (Å²) in [6.45, 7) is 4.41. The van der Waals surface area contributed by atoms with Gasteiger partial charge in [0.25, 0.3) is 5.91 Å². The Morgan fingerprint density at radius 3 is 2.59 bits per heavy atom. The molecule has 9 heteroatoms. The van der Waals surface area contributed by atoms with Crippen LogP contribution in [-0.4, -0.2) is 41.4 Å². The number of sulfonamides is 1. The molecule has 8 nitrogen and oxygen atoms in total. The summed E-state index contributed by atoms with van der Waals surface area (Å²) in [5, 5.41) is 10.0. The molecule has 0 saturated carbocycles. The number of rotatable bonds is 6. The summed E-state index contributed by atoms with van der Waals surface area (Å²) in [5.74, 6) is -0.00610. The molecule has 1 N–H and O–H groups in total. The molecule has 2 aromatic rings. The molecule has 0 bridgehead atoms. The molecule has 1 saturated heterocycles. The minimum Gasteiger partial charge on any atom is -0.408 e. The molecular weight excluding hydrogens is 368 g/mol. The number of anilines is 1. The number of carbonyl (C=O) groups excluding carboxylic acids is 1. The van der Waals surface area contributed by atoms with Gasteiger partial charge in [0.05, 0.1) is 4.90 Å². The molecule has 1 fully saturated rings. The third kappa shape index (κ3) is 4.19. The number of aromatic nitrogens is 2. The summed E-state index contributed by atoms with van der Waals surface area (Å²) in [5.41, 5.74) is 0.316. The number of piperidine rings is 1. The maximum Gasteiger partial charge on any atom is 0.322 e. The van der Waals surface area contributed by atoms with Crippen molar-refractivity contribution in [3.05, 3.63) is 35.7 Å². The van der Waals surface area contributed by atoms with Crippen LogP contribution in [0.2, 0.25) is 0 Å². The van der Waals surface area contributed by atoms with Crippen molar-refractivity contribution in [2.45, 2.75) is 56.9 Å². The van der Waals surface area contributed by atoms with Gasteiger partial charge in [-0.05, 0) is 43.5 Å². The molecule has 3 rings (SSSR count). The molecular formula is C18H24N4O4S. The van der Waals surface area contributed by atoms with Gasteiger partial charge < -0.3 is 4.42 Å². The van der Waals surface area contributed by atoms with Crippen LogP contribution < -0.4 is 5.32 Å². The zero-order valence-electron chi connectivity index (χ0n) is 15.5. The highest BCUT2D eigenvalue weighted by atomic mass is 32.2. The maximum atomic E-state index is 13.0. The van der Waals surface area contributed by atoms with Crippen molar-refractivity contribution >= 4 is 21.9 Å². The van der Waals surface area contributed by atoms with Gasteiger partial charge in [0.2, 0.25) is 15.9 Å². The van der Waals surface area contributed by atoms with E-state index in [1.54, 1.807) is 4.31 Å². The molecule has 1 aromatic carbocycles. The van der Waals surface area contributed by atoms with E-state index in [0.29, 0.717) is 24.4 Å². The Labute approximate surface area is 159 Å². The number of amides is 1. The van der Waals surface area contributed by atoms with E-state index in [1.165, 1.54) is 24.3 Å². The lowest BCUT2D eigenvalue weighted by atomic mass is 10.0. The zero-order valence-corrected chi connectivity index (χ0v) is 16.3. The lowest BCUT2D eigenvalue weighted by Gasteiger charge is -2.34. The fraction of sp³-hybridized carbons (Fsp3) is 0.500. The van der Waals surface area contributed by atoms with Crippen molar-refractivity contribution in [1.82, 2.24) is 14.5 Å². The Bertz CT molecular complexity index is 892. The van der Waals surface area contributed by atoms with Gasteiger partial charge in [-0.25, -0.2) is 8.42 Å². The van der Waals surface area contributed by atoms with Crippen LogP contribution in [0.4, 0.5) is 6.01 Å².